The van der Waals surface area contributed by atoms with Crippen molar-refractivity contribution in [2.24, 2.45) is 0 Å². The van der Waals surface area contributed by atoms with Crippen LogP contribution in [0.1, 0.15) is 0 Å². The van der Waals surface area contributed by atoms with Crippen LogP contribution in [0.25, 0.3) is 10.8 Å². The molecule has 2 aromatic rings. The first-order valence-corrected chi connectivity index (χ1v) is 6.55. The van der Waals surface area contributed by atoms with E-state index < -0.39 is 11.9 Å². The van der Waals surface area contributed by atoms with Gasteiger partial charge < -0.3 is 18.9 Å². The van der Waals surface area contributed by atoms with Gasteiger partial charge in [-0.1, -0.05) is 12.1 Å². The van der Waals surface area contributed by atoms with Crippen molar-refractivity contribution in [1.82, 2.24) is 0 Å². The van der Waals surface area contributed by atoms with Gasteiger partial charge in [-0.05, 0) is 35.0 Å². The molecule has 0 aliphatic carbocycles. The van der Waals surface area contributed by atoms with Gasteiger partial charge in [-0.25, -0.2) is 9.59 Å². The predicted octanol–water partition coefficient (Wildman–Crippen LogP) is 1.94. The minimum absolute atomic E-state index is 0.152. The molecule has 0 unspecified atom stereocenters. The van der Waals surface area contributed by atoms with Gasteiger partial charge in [0.25, 0.3) is 0 Å². The Labute approximate surface area is 127 Å². The normalized spacial score (nSPS) is 10.1. The van der Waals surface area contributed by atoms with E-state index in [0.29, 0.717) is 11.5 Å². The summed E-state index contributed by atoms with van der Waals surface area (Å²) in [5, 5.41) is 1.85. The summed E-state index contributed by atoms with van der Waals surface area (Å²) in [5.41, 5.74) is 0. The number of methoxy groups -OCH3 is 2. The first kappa shape index (κ1) is 15.6. The van der Waals surface area contributed by atoms with Crippen LogP contribution >= 0.6 is 0 Å². The van der Waals surface area contributed by atoms with Crippen molar-refractivity contribution in [1.29, 1.82) is 0 Å². The molecule has 0 bridgehead atoms. The number of rotatable bonds is 6. The minimum Gasteiger partial charge on any atom is -0.482 e. The molecule has 0 N–H and O–H groups in total. The number of benzene rings is 2. The summed E-state index contributed by atoms with van der Waals surface area (Å²) in [6, 6.07) is 10.8. The molecule has 0 radical (unpaired) electrons. The average Bonchev–Trinajstić information content (AvgIpc) is 2.56. The van der Waals surface area contributed by atoms with E-state index in [1.165, 1.54) is 14.2 Å². The molecule has 2 aromatic carbocycles. The van der Waals surface area contributed by atoms with Gasteiger partial charge in [-0.2, -0.15) is 0 Å². The Morgan fingerprint density at radius 2 is 1.23 bits per heavy atom. The highest BCUT2D eigenvalue weighted by molar-refractivity contribution is 5.85. The third kappa shape index (κ3) is 4.12. The Hall–Kier alpha value is -2.76. The summed E-state index contributed by atoms with van der Waals surface area (Å²) in [5.74, 6) is 0.191. The zero-order valence-corrected chi connectivity index (χ0v) is 12.3. The van der Waals surface area contributed by atoms with Gasteiger partial charge in [-0.3, -0.25) is 0 Å². The zero-order chi connectivity index (χ0) is 15.9. The largest absolute Gasteiger partial charge is 0.482 e. The van der Waals surface area contributed by atoms with Crippen LogP contribution in [0.5, 0.6) is 11.5 Å². The number of carbonyl (C=O) groups excluding carboxylic acids is 2. The quantitative estimate of drug-likeness (QED) is 0.760. The van der Waals surface area contributed by atoms with E-state index in [1.54, 1.807) is 24.3 Å². The number of ether oxygens (including phenoxy) is 4. The number of hydrogen-bond donors (Lipinski definition) is 0. The number of fused-ring (bicyclic) bond motifs is 1. The number of hydrogen-bond acceptors (Lipinski definition) is 6. The van der Waals surface area contributed by atoms with Crippen LogP contribution in [0.15, 0.2) is 36.4 Å². The Morgan fingerprint density at radius 1 is 0.773 bits per heavy atom. The van der Waals surface area contributed by atoms with Crippen molar-refractivity contribution < 1.29 is 28.5 Å². The number of esters is 2. The van der Waals surface area contributed by atoms with E-state index in [4.69, 9.17) is 9.47 Å². The monoisotopic (exact) mass is 304 g/mol. The van der Waals surface area contributed by atoms with Gasteiger partial charge in [0.05, 0.1) is 14.2 Å². The molecule has 0 amide bonds. The van der Waals surface area contributed by atoms with Crippen LogP contribution in [0.3, 0.4) is 0 Å². The lowest BCUT2D eigenvalue weighted by Crippen LogP contribution is -2.12. The van der Waals surface area contributed by atoms with E-state index in [2.05, 4.69) is 9.47 Å². The molecule has 0 aliphatic rings. The third-order valence-electron chi connectivity index (χ3n) is 2.95. The highest BCUT2D eigenvalue weighted by Gasteiger charge is 2.05. The lowest BCUT2D eigenvalue weighted by atomic mass is 10.1. The van der Waals surface area contributed by atoms with Crippen molar-refractivity contribution in [3.63, 3.8) is 0 Å². The lowest BCUT2D eigenvalue weighted by molar-refractivity contribution is -0.143. The van der Waals surface area contributed by atoms with E-state index in [9.17, 15) is 9.59 Å². The van der Waals surface area contributed by atoms with Crippen molar-refractivity contribution in [2.45, 2.75) is 0 Å². The molecule has 0 saturated heterocycles. The molecule has 0 aromatic heterocycles. The molecular weight excluding hydrogens is 288 g/mol. The lowest BCUT2D eigenvalue weighted by Gasteiger charge is -2.08. The van der Waals surface area contributed by atoms with E-state index in [-0.39, 0.29) is 13.2 Å². The molecule has 116 valence electrons. The molecule has 0 heterocycles. The highest BCUT2D eigenvalue weighted by Crippen LogP contribution is 2.25. The predicted molar refractivity (Wildman–Crippen MR) is 79.0 cm³/mol. The second-order valence-corrected chi connectivity index (χ2v) is 4.40. The Morgan fingerprint density at radius 3 is 1.64 bits per heavy atom. The fourth-order valence-electron chi connectivity index (χ4n) is 1.78. The Kier molecular flexibility index (Phi) is 5.19. The van der Waals surface area contributed by atoms with Gasteiger partial charge in [-0.15, -0.1) is 0 Å². The van der Waals surface area contributed by atoms with Gasteiger partial charge in [0.1, 0.15) is 11.5 Å². The van der Waals surface area contributed by atoms with Crippen molar-refractivity contribution >= 4 is 22.7 Å². The van der Waals surface area contributed by atoms with Gasteiger partial charge >= 0.3 is 11.9 Å². The maximum atomic E-state index is 11.1. The van der Waals surface area contributed by atoms with Crippen LogP contribution in [-0.4, -0.2) is 39.4 Å². The summed E-state index contributed by atoms with van der Waals surface area (Å²) >= 11 is 0. The van der Waals surface area contributed by atoms with Crippen LogP contribution in [-0.2, 0) is 19.1 Å². The fraction of sp³-hybridized carbons (Fsp3) is 0.250. The molecule has 2 rings (SSSR count). The maximum absolute atomic E-state index is 11.1. The van der Waals surface area contributed by atoms with Gasteiger partial charge in [0.2, 0.25) is 0 Å². The van der Waals surface area contributed by atoms with Crippen LogP contribution in [0.4, 0.5) is 0 Å². The third-order valence-corrected chi connectivity index (χ3v) is 2.95. The van der Waals surface area contributed by atoms with Crippen molar-refractivity contribution in [2.75, 3.05) is 27.4 Å². The van der Waals surface area contributed by atoms with Crippen LogP contribution in [0, 0.1) is 0 Å². The summed E-state index contributed by atoms with van der Waals surface area (Å²) in [6.45, 7) is -0.304. The topological polar surface area (TPSA) is 71.1 Å². The molecule has 6 nitrogen and oxygen atoms in total. The molecule has 0 atom stereocenters. The van der Waals surface area contributed by atoms with Crippen LogP contribution in [0.2, 0.25) is 0 Å². The zero-order valence-electron chi connectivity index (χ0n) is 12.3. The summed E-state index contributed by atoms with van der Waals surface area (Å²) in [6.07, 6.45) is 0. The molecule has 22 heavy (non-hydrogen) atoms. The summed E-state index contributed by atoms with van der Waals surface area (Å²) in [7, 11) is 2.61. The highest BCUT2D eigenvalue weighted by atomic mass is 16.6. The summed E-state index contributed by atoms with van der Waals surface area (Å²) < 4.78 is 19.7. The molecular formula is C16H16O6. The first-order chi connectivity index (χ1) is 10.6. The molecule has 0 saturated carbocycles. The molecule has 0 spiro atoms. The standard InChI is InChI=1S/C16H16O6/c1-19-15(17)9-21-13-5-3-11-4-6-14(8-12(11)7-13)22-10-16(18)20-2/h3-8H,9-10H2,1-2H3. The second-order valence-electron chi connectivity index (χ2n) is 4.40. The van der Waals surface area contributed by atoms with Crippen molar-refractivity contribution in [3.05, 3.63) is 36.4 Å². The van der Waals surface area contributed by atoms with Gasteiger partial charge in [0.15, 0.2) is 13.2 Å². The van der Waals surface area contributed by atoms with E-state index >= 15 is 0 Å². The number of carbonyl (C=O) groups is 2. The van der Waals surface area contributed by atoms with Crippen LogP contribution < -0.4 is 9.47 Å². The maximum Gasteiger partial charge on any atom is 0.343 e. The second kappa shape index (κ2) is 7.31. The average molecular weight is 304 g/mol. The van der Waals surface area contributed by atoms with Crippen molar-refractivity contribution in [3.8, 4) is 11.5 Å². The SMILES string of the molecule is COC(=O)COc1ccc2ccc(OCC(=O)OC)cc2c1. The van der Waals surface area contributed by atoms with Gasteiger partial charge in [0, 0.05) is 0 Å². The molecule has 0 fully saturated rings. The summed E-state index contributed by atoms with van der Waals surface area (Å²) in [4.78, 5) is 22.1. The fourth-order valence-corrected chi connectivity index (χ4v) is 1.78. The first-order valence-electron chi connectivity index (χ1n) is 6.55. The minimum atomic E-state index is -0.449. The van der Waals surface area contributed by atoms with E-state index in [1.807, 2.05) is 12.1 Å². The molecule has 6 heteroatoms. The van der Waals surface area contributed by atoms with E-state index in [0.717, 1.165) is 10.8 Å². The smallest absolute Gasteiger partial charge is 0.343 e. The Balaban J connectivity index is 2.12. The molecule has 0 aliphatic heterocycles. The Bertz CT molecular complexity index is 625.